The summed E-state index contributed by atoms with van der Waals surface area (Å²) in [5, 5.41) is 13.2. The second-order valence-corrected chi connectivity index (χ2v) is 3.89. The van der Waals surface area contributed by atoms with Crippen molar-refractivity contribution in [2.45, 2.75) is 13.3 Å². The smallest absolute Gasteiger partial charge is 0.308 e. The molecule has 94 valence electrons. The van der Waals surface area contributed by atoms with Crippen LogP contribution < -0.4 is 4.74 Å². The molecule has 1 aromatic heterocycles. The SMILES string of the molecule is COc1c(CC(=O)O)c(C)nn1-c1ccccc1. The summed E-state index contributed by atoms with van der Waals surface area (Å²) in [6.07, 6.45) is -0.0954. The van der Waals surface area contributed by atoms with Gasteiger partial charge in [-0.25, -0.2) is 4.68 Å². The average Bonchev–Trinajstić information content (AvgIpc) is 2.67. The number of hydrogen-bond donors (Lipinski definition) is 1. The van der Waals surface area contributed by atoms with E-state index in [4.69, 9.17) is 9.84 Å². The molecule has 0 saturated heterocycles. The molecule has 0 spiro atoms. The molecule has 0 amide bonds. The molecule has 0 fully saturated rings. The minimum atomic E-state index is -0.899. The summed E-state index contributed by atoms with van der Waals surface area (Å²) in [7, 11) is 1.52. The van der Waals surface area contributed by atoms with Gasteiger partial charge in [-0.1, -0.05) is 18.2 Å². The fourth-order valence-corrected chi connectivity index (χ4v) is 1.85. The molecule has 0 aliphatic rings. The third-order valence-electron chi connectivity index (χ3n) is 2.66. The van der Waals surface area contributed by atoms with Crippen molar-refractivity contribution in [3.8, 4) is 11.6 Å². The van der Waals surface area contributed by atoms with Crippen molar-refractivity contribution in [1.29, 1.82) is 0 Å². The van der Waals surface area contributed by atoms with E-state index < -0.39 is 5.97 Å². The molecule has 2 aromatic rings. The Bertz CT molecular complexity index is 561. The standard InChI is InChI=1S/C13H14N2O3/c1-9-11(8-12(16)17)13(18-2)15(14-9)10-6-4-3-5-7-10/h3-7H,8H2,1-2H3,(H,16,17). The number of ether oxygens (including phenoxy) is 1. The van der Waals surface area contributed by atoms with Crippen LogP contribution in [0.1, 0.15) is 11.3 Å². The summed E-state index contributed by atoms with van der Waals surface area (Å²) in [4.78, 5) is 10.8. The normalized spacial score (nSPS) is 10.3. The molecule has 1 N–H and O–H groups in total. The van der Waals surface area contributed by atoms with Crippen molar-refractivity contribution in [1.82, 2.24) is 9.78 Å². The molecule has 0 saturated carbocycles. The molecule has 0 aliphatic heterocycles. The summed E-state index contributed by atoms with van der Waals surface area (Å²) in [6.45, 7) is 1.78. The first-order chi connectivity index (χ1) is 8.63. The van der Waals surface area contributed by atoms with Crippen LogP contribution in [0.5, 0.6) is 5.88 Å². The van der Waals surface area contributed by atoms with Crippen molar-refractivity contribution in [2.75, 3.05) is 7.11 Å². The molecule has 5 nitrogen and oxygen atoms in total. The molecule has 0 bridgehead atoms. The van der Waals surface area contributed by atoms with Gasteiger partial charge in [0.15, 0.2) is 0 Å². The Kier molecular flexibility index (Phi) is 3.32. The first-order valence-electron chi connectivity index (χ1n) is 5.53. The van der Waals surface area contributed by atoms with E-state index in [0.717, 1.165) is 5.69 Å². The lowest BCUT2D eigenvalue weighted by atomic mass is 10.2. The van der Waals surface area contributed by atoms with Crippen molar-refractivity contribution in [3.05, 3.63) is 41.6 Å². The zero-order valence-electron chi connectivity index (χ0n) is 10.3. The van der Waals surface area contributed by atoms with Crippen LogP contribution in [-0.2, 0) is 11.2 Å². The van der Waals surface area contributed by atoms with Gasteiger partial charge in [0.1, 0.15) is 0 Å². The zero-order chi connectivity index (χ0) is 13.1. The molecule has 0 unspecified atom stereocenters. The summed E-state index contributed by atoms with van der Waals surface area (Å²) in [5.74, 6) is -0.426. The lowest BCUT2D eigenvalue weighted by molar-refractivity contribution is -0.136. The first-order valence-corrected chi connectivity index (χ1v) is 5.53. The Morgan fingerprint density at radius 2 is 2.06 bits per heavy atom. The second-order valence-electron chi connectivity index (χ2n) is 3.89. The van der Waals surface area contributed by atoms with Crippen LogP contribution >= 0.6 is 0 Å². The van der Waals surface area contributed by atoms with E-state index in [-0.39, 0.29) is 6.42 Å². The Morgan fingerprint density at radius 1 is 1.39 bits per heavy atom. The fourth-order valence-electron chi connectivity index (χ4n) is 1.85. The number of rotatable bonds is 4. The van der Waals surface area contributed by atoms with Crippen LogP contribution in [0.2, 0.25) is 0 Å². The van der Waals surface area contributed by atoms with E-state index in [0.29, 0.717) is 17.1 Å². The van der Waals surface area contributed by atoms with E-state index >= 15 is 0 Å². The van der Waals surface area contributed by atoms with Crippen LogP contribution in [-0.4, -0.2) is 28.0 Å². The number of aliphatic carboxylic acids is 1. The van der Waals surface area contributed by atoms with E-state index in [1.807, 2.05) is 30.3 Å². The Hall–Kier alpha value is -2.30. The van der Waals surface area contributed by atoms with E-state index in [2.05, 4.69) is 5.10 Å². The van der Waals surface area contributed by atoms with Crippen LogP contribution in [0.4, 0.5) is 0 Å². The number of methoxy groups -OCH3 is 1. The van der Waals surface area contributed by atoms with Gasteiger partial charge in [0.25, 0.3) is 0 Å². The molecule has 18 heavy (non-hydrogen) atoms. The molecule has 5 heteroatoms. The number of benzene rings is 1. The number of carboxylic acids is 1. The van der Waals surface area contributed by atoms with Gasteiger partial charge in [-0.05, 0) is 19.1 Å². The van der Waals surface area contributed by atoms with Gasteiger partial charge in [0, 0.05) is 5.56 Å². The largest absolute Gasteiger partial charge is 0.481 e. The third kappa shape index (κ3) is 2.20. The van der Waals surface area contributed by atoms with Gasteiger partial charge in [-0.2, -0.15) is 5.10 Å². The fraction of sp³-hybridized carbons (Fsp3) is 0.231. The van der Waals surface area contributed by atoms with E-state index in [1.54, 1.807) is 11.6 Å². The topological polar surface area (TPSA) is 64.3 Å². The molecule has 1 heterocycles. The van der Waals surface area contributed by atoms with Crippen molar-refractivity contribution in [2.24, 2.45) is 0 Å². The molecule has 1 aromatic carbocycles. The number of aryl methyl sites for hydroxylation is 1. The third-order valence-corrected chi connectivity index (χ3v) is 2.66. The summed E-state index contributed by atoms with van der Waals surface area (Å²) < 4.78 is 6.91. The molecule has 0 atom stereocenters. The molecule has 2 rings (SSSR count). The highest BCUT2D eigenvalue weighted by atomic mass is 16.5. The highest BCUT2D eigenvalue weighted by Crippen LogP contribution is 2.25. The van der Waals surface area contributed by atoms with Gasteiger partial charge >= 0.3 is 5.97 Å². The monoisotopic (exact) mass is 246 g/mol. The van der Waals surface area contributed by atoms with E-state index in [9.17, 15) is 4.79 Å². The molecule has 0 aliphatic carbocycles. The number of carbonyl (C=O) groups is 1. The summed E-state index contributed by atoms with van der Waals surface area (Å²) in [5.41, 5.74) is 2.11. The van der Waals surface area contributed by atoms with Crippen LogP contribution in [0, 0.1) is 6.92 Å². The van der Waals surface area contributed by atoms with Gasteiger partial charge in [-0.15, -0.1) is 0 Å². The first kappa shape index (κ1) is 12.2. The number of hydrogen-bond acceptors (Lipinski definition) is 3. The number of carboxylic acid groups (broad SMARTS) is 1. The predicted molar refractivity (Wildman–Crippen MR) is 66.2 cm³/mol. The molecule has 0 radical (unpaired) electrons. The molecular weight excluding hydrogens is 232 g/mol. The second kappa shape index (κ2) is 4.91. The van der Waals surface area contributed by atoms with Gasteiger partial charge < -0.3 is 9.84 Å². The quantitative estimate of drug-likeness (QED) is 0.893. The van der Waals surface area contributed by atoms with Gasteiger partial charge in [-0.3, -0.25) is 4.79 Å². The minimum absolute atomic E-state index is 0.0954. The van der Waals surface area contributed by atoms with Crippen molar-refractivity contribution in [3.63, 3.8) is 0 Å². The summed E-state index contributed by atoms with van der Waals surface area (Å²) >= 11 is 0. The average molecular weight is 246 g/mol. The lowest BCUT2D eigenvalue weighted by Gasteiger charge is -2.07. The van der Waals surface area contributed by atoms with Gasteiger partial charge in [0.2, 0.25) is 5.88 Å². The number of nitrogens with zero attached hydrogens (tertiary/aromatic N) is 2. The highest BCUT2D eigenvalue weighted by Gasteiger charge is 2.19. The predicted octanol–water partition coefficient (Wildman–Crippen LogP) is 1.82. The van der Waals surface area contributed by atoms with Crippen LogP contribution in [0.25, 0.3) is 5.69 Å². The van der Waals surface area contributed by atoms with Gasteiger partial charge in [0.05, 0.1) is 24.9 Å². The summed E-state index contributed by atoms with van der Waals surface area (Å²) in [6, 6.07) is 9.47. The lowest BCUT2D eigenvalue weighted by Crippen LogP contribution is -2.04. The van der Waals surface area contributed by atoms with Crippen molar-refractivity contribution >= 4 is 5.97 Å². The minimum Gasteiger partial charge on any atom is -0.481 e. The maximum absolute atomic E-state index is 10.8. The zero-order valence-corrected chi connectivity index (χ0v) is 10.3. The maximum Gasteiger partial charge on any atom is 0.308 e. The van der Waals surface area contributed by atoms with Crippen molar-refractivity contribution < 1.29 is 14.6 Å². The Labute approximate surface area is 105 Å². The number of aromatic nitrogens is 2. The Balaban J connectivity index is 2.53. The number of para-hydroxylation sites is 1. The maximum atomic E-state index is 10.8. The highest BCUT2D eigenvalue weighted by molar-refractivity contribution is 5.71. The Morgan fingerprint density at radius 3 is 2.61 bits per heavy atom. The molecular formula is C13H14N2O3. The van der Waals surface area contributed by atoms with Crippen LogP contribution in [0.3, 0.4) is 0 Å². The van der Waals surface area contributed by atoms with E-state index in [1.165, 1.54) is 7.11 Å². The van der Waals surface area contributed by atoms with Crippen LogP contribution in [0.15, 0.2) is 30.3 Å².